The van der Waals surface area contributed by atoms with Crippen LogP contribution in [0, 0.1) is 0 Å². The number of esters is 1. The molecule has 1 aliphatic heterocycles. The molecule has 1 N–H and O–H groups in total. The summed E-state index contributed by atoms with van der Waals surface area (Å²) in [6.07, 6.45) is -0.300. The van der Waals surface area contributed by atoms with E-state index in [-0.39, 0.29) is 18.3 Å². The number of fused-ring (bicyclic) bond motifs is 3. The van der Waals surface area contributed by atoms with Gasteiger partial charge in [0.1, 0.15) is 23.4 Å². The molecule has 0 spiro atoms. The third kappa shape index (κ3) is 3.44. The van der Waals surface area contributed by atoms with Gasteiger partial charge in [0.15, 0.2) is 11.2 Å². The van der Waals surface area contributed by atoms with Crippen LogP contribution in [0.15, 0.2) is 71.2 Å². The first-order valence-electron chi connectivity index (χ1n) is 11.6. The van der Waals surface area contributed by atoms with Gasteiger partial charge in [0, 0.05) is 28.9 Å². The minimum absolute atomic E-state index is 0.196. The summed E-state index contributed by atoms with van der Waals surface area (Å²) in [5, 5.41) is 12.8. The van der Waals surface area contributed by atoms with E-state index >= 15 is 0 Å². The maximum absolute atomic E-state index is 12.8. The molecule has 1 heterocycles. The second-order valence-electron chi connectivity index (χ2n) is 8.84. The van der Waals surface area contributed by atoms with Crippen molar-refractivity contribution in [2.24, 2.45) is 0 Å². The van der Waals surface area contributed by atoms with Crippen molar-refractivity contribution < 1.29 is 28.8 Å². The molecule has 3 aromatic rings. The molecule has 4 atom stereocenters. The van der Waals surface area contributed by atoms with Crippen LogP contribution >= 0.6 is 15.9 Å². The highest BCUT2D eigenvalue weighted by Crippen LogP contribution is 2.69. The topological polar surface area (TPSA) is 74.2 Å². The second kappa shape index (κ2) is 8.88. The number of ether oxygens (including phenoxy) is 4. The maximum atomic E-state index is 12.8. The molecule has 1 saturated carbocycles. The molecule has 182 valence electrons. The molecule has 0 saturated heterocycles. The first-order chi connectivity index (χ1) is 16.9. The van der Waals surface area contributed by atoms with Crippen LogP contribution in [0.3, 0.4) is 0 Å². The van der Waals surface area contributed by atoms with Crippen LogP contribution in [0.1, 0.15) is 42.4 Å². The summed E-state index contributed by atoms with van der Waals surface area (Å²) in [6, 6.07) is 21.1. The van der Waals surface area contributed by atoms with Gasteiger partial charge in [-0.3, -0.25) is 4.79 Å². The lowest BCUT2D eigenvalue weighted by molar-refractivity contribution is -0.181. The Kier molecular flexibility index (Phi) is 6.01. The third-order valence-corrected chi connectivity index (χ3v) is 7.69. The predicted molar refractivity (Wildman–Crippen MR) is 134 cm³/mol. The van der Waals surface area contributed by atoms with Crippen molar-refractivity contribution >= 4 is 21.9 Å². The number of methoxy groups -OCH3 is 2. The lowest BCUT2D eigenvalue weighted by Gasteiger charge is -2.41. The Labute approximate surface area is 212 Å². The molecule has 5 rings (SSSR count). The molecule has 6 nitrogen and oxygen atoms in total. The number of aliphatic hydroxyl groups is 1. The van der Waals surface area contributed by atoms with Gasteiger partial charge in [0.25, 0.3) is 0 Å². The first kappa shape index (κ1) is 23.7. The van der Waals surface area contributed by atoms with Gasteiger partial charge in [0.05, 0.1) is 19.8 Å². The Morgan fingerprint density at radius 1 is 1.09 bits per heavy atom. The van der Waals surface area contributed by atoms with E-state index in [1.807, 2.05) is 54.6 Å². The molecule has 3 aromatic carbocycles. The molecule has 1 fully saturated rings. The Morgan fingerprint density at radius 2 is 1.80 bits per heavy atom. The van der Waals surface area contributed by atoms with Crippen molar-refractivity contribution in [3.63, 3.8) is 0 Å². The van der Waals surface area contributed by atoms with Gasteiger partial charge in [-0.2, -0.15) is 0 Å². The van der Waals surface area contributed by atoms with Crippen LogP contribution in [-0.2, 0) is 20.7 Å². The Morgan fingerprint density at radius 3 is 2.43 bits per heavy atom. The van der Waals surface area contributed by atoms with Crippen LogP contribution in [0.5, 0.6) is 17.2 Å². The van der Waals surface area contributed by atoms with Crippen molar-refractivity contribution in [2.45, 2.75) is 43.0 Å². The highest BCUT2D eigenvalue weighted by Gasteiger charge is 2.75. The second-order valence-corrected chi connectivity index (χ2v) is 9.76. The Balaban J connectivity index is 1.83. The Hall–Kier alpha value is -3.03. The SMILES string of the molecule is CCC(=O)O[C@@H]1C[C@@H](c2ccccc2)[C@]2(c3ccc(Br)cc3)Oc3cc(OC)cc(OC)c3[C@]12O. The number of halogens is 1. The summed E-state index contributed by atoms with van der Waals surface area (Å²) < 4.78 is 24.9. The van der Waals surface area contributed by atoms with Gasteiger partial charge in [-0.1, -0.05) is 65.3 Å². The summed E-state index contributed by atoms with van der Waals surface area (Å²) in [7, 11) is 3.10. The summed E-state index contributed by atoms with van der Waals surface area (Å²) in [5.41, 5.74) is -0.808. The van der Waals surface area contributed by atoms with Crippen molar-refractivity contribution in [3.8, 4) is 17.2 Å². The molecule has 0 radical (unpaired) electrons. The van der Waals surface area contributed by atoms with E-state index in [9.17, 15) is 9.90 Å². The maximum Gasteiger partial charge on any atom is 0.305 e. The molecule has 0 bridgehead atoms. The number of carbonyl (C=O) groups is 1. The predicted octanol–water partition coefficient (Wildman–Crippen LogP) is 5.45. The van der Waals surface area contributed by atoms with E-state index in [2.05, 4.69) is 15.9 Å². The minimum atomic E-state index is -1.72. The highest BCUT2D eigenvalue weighted by atomic mass is 79.9. The summed E-state index contributed by atoms with van der Waals surface area (Å²) in [4.78, 5) is 12.6. The van der Waals surface area contributed by atoms with E-state index in [0.29, 0.717) is 29.2 Å². The van der Waals surface area contributed by atoms with Gasteiger partial charge in [-0.15, -0.1) is 0 Å². The van der Waals surface area contributed by atoms with Crippen LogP contribution in [0.4, 0.5) is 0 Å². The zero-order chi connectivity index (χ0) is 24.8. The average molecular weight is 539 g/mol. The number of carbonyl (C=O) groups excluding carboxylic acids is 1. The van der Waals surface area contributed by atoms with E-state index in [4.69, 9.17) is 18.9 Å². The monoisotopic (exact) mass is 538 g/mol. The largest absolute Gasteiger partial charge is 0.496 e. The summed E-state index contributed by atoms with van der Waals surface area (Å²) in [6.45, 7) is 1.74. The van der Waals surface area contributed by atoms with Crippen LogP contribution in [-0.4, -0.2) is 31.4 Å². The zero-order valence-electron chi connectivity index (χ0n) is 19.8. The fourth-order valence-corrected chi connectivity index (χ4v) is 5.90. The lowest BCUT2D eigenvalue weighted by Crippen LogP contribution is -2.53. The molecular weight excluding hydrogens is 512 g/mol. The van der Waals surface area contributed by atoms with Crippen LogP contribution in [0.25, 0.3) is 0 Å². The number of rotatable bonds is 6. The highest BCUT2D eigenvalue weighted by molar-refractivity contribution is 9.10. The smallest absolute Gasteiger partial charge is 0.305 e. The number of hydrogen-bond donors (Lipinski definition) is 1. The van der Waals surface area contributed by atoms with Crippen molar-refractivity contribution in [3.05, 3.63) is 87.9 Å². The molecule has 7 heteroatoms. The van der Waals surface area contributed by atoms with Crippen molar-refractivity contribution in [1.82, 2.24) is 0 Å². The van der Waals surface area contributed by atoms with Gasteiger partial charge in [-0.05, 0) is 29.7 Å². The minimum Gasteiger partial charge on any atom is -0.496 e. The summed E-state index contributed by atoms with van der Waals surface area (Å²) in [5.74, 6) is 0.667. The van der Waals surface area contributed by atoms with Crippen LogP contribution < -0.4 is 14.2 Å². The van der Waals surface area contributed by atoms with E-state index in [1.54, 1.807) is 26.2 Å². The van der Waals surface area contributed by atoms with Crippen molar-refractivity contribution in [2.75, 3.05) is 14.2 Å². The molecule has 35 heavy (non-hydrogen) atoms. The van der Waals surface area contributed by atoms with Crippen LogP contribution in [0.2, 0.25) is 0 Å². The third-order valence-electron chi connectivity index (χ3n) is 7.16. The van der Waals surface area contributed by atoms with Gasteiger partial charge in [-0.25, -0.2) is 0 Å². The standard InChI is InChI=1S/C28H27BrO6/c1-4-25(30)34-24-16-21(17-8-6-5-7-9-17)28(18-10-12-19(29)13-11-18)27(24,31)26-22(33-3)14-20(32-2)15-23(26)35-28/h5-15,21,24,31H,4,16H2,1-3H3/t21-,24+,27+,28-/m0/s1. The van der Waals surface area contributed by atoms with Gasteiger partial charge >= 0.3 is 5.97 Å². The summed E-state index contributed by atoms with van der Waals surface area (Å²) >= 11 is 3.51. The fourth-order valence-electron chi connectivity index (χ4n) is 5.63. The fraction of sp³-hybridized carbons (Fsp3) is 0.321. The van der Waals surface area contributed by atoms with E-state index < -0.39 is 17.3 Å². The molecular formula is C28H27BrO6. The molecule has 1 aliphatic carbocycles. The van der Waals surface area contributed by atoms with E-state index in [1.165, 1.54) is 7.11 Å². The lowest BCUT2D eigenvalue weighted by atomic mass is 9.71. The molecule has 2 aliphatic rings. The normalized spacial score (nSPS) is 26.4. The molecule has 0 amide bonds. The number of hydrogen-bond acceptors (Lipinski definition) is 6. The number of benzene rings is 3. The van der Waals surface area contributed by atoms with Crippen molar-refractivity contribution in [1.29, 1.82) is 0 Å². The molecule has 0 unspecified atom stereocenters. The molecule has 0 aromatic heterocycles. The van der Waals surface area contributed by atoms with E-state index in [0.717, 1.165) is 15.6 Å². The van der Waals surface area contributed by atoms with Gasteiger partial charge < -0.3 is 24.1 Å². The zero-order valence-corrected chi connectivity index (χ0v) is 21.4. The first-order valence-corrected chi connectivity index (χ1v) is 12.4. The van der Waals surface area contributed by atoms with Gasteiger partial charge in [0.2, 0.25) is 0 Å². The Bertz CT molecular complexity index is 1240. The quantitative estimate of drug-likeness (QED) is 0.420. The average Bonchev–Trinajstić information content (AvgIpc) is 3.29.